The summed E-state index contributed by atoms with van der Waals surface area (Å²) in [4.78, 5) is 14.4. The lowest BCUT2D eigenvalue weighted by atomic mass is 10.0. The van der Waals surface area contributed by atoms with Crippen molar-refractivity contribution in [3.63, 3.8) is 0 Å². The van der Waals surface area contributed by atoms with Gasteiger partial charge < -0.3 is 15.4 Å². The lowest BCUT2D eigenvalue weighted by Crippen LogP contribution is -2.36. The van der Waals surface area contributed by atoms with E-state index in [0.717, 1.165) is 29.8 Å². The van der Waals surface area contributed by atoms with Crippen molar-refractivity contribution >= 4 is 17.3 Å². The fraction of sp³-hybridized carbons (Fsp3) is 0.333. The molecule has 1 aromatic carbocycles. The first-order valence-electron chi connectivity index (χ1n) is 6.88. The SMILES string of the molecule is COc1ccc2c(c1)CCCN2C(=O)c1nn(C)cc1N. The van der Waals surface area contributed by atoms with Crippen LogP contribution in [-0.2, 0) is 13.5 Å². The molecule has 0 saturated carbocycles. The van der Waals surface area contributed by atoms with E-state index in [-0.39, 0.29) is 5.91 Å². The van der Waals surface area contributed by atoms with Crippen molar-refractivity contribution in [3.05, 3.63) is 35.7 Å². The Bertz CT molecular complexity index is 693. The first-order valence-corrected chi connectivity index (χ1v) is 6.88. The van der Waals surface area contributed by atoms with E-state index >= 15 is 0 Å². The molecule has 1 aliphatic heterocycles. The monoisotopic (exact) mass is 286 g/mol. The summed E-state index contributed by atoms with van der Waals surface area (Å²) in [6.07, 6.45) is 3.50. The summed E-state index contributed by atoms with van der Waals surface area (Å²) in [6.45, 7) is 0.675. The standard InChI is InChI=1S/C15H18N4O2/c1-18-9-12(16)14(17-18)15(20)19-7-3-4-10-8-11(21-2)5-6-13(10)19/h5-6,8-9H,3-4,7,16H2,1-2H3. The maximum Gasteiger partial charge on any atom is 0.280 e. The Labute approximate surface area is 123 Å². The number of aromatic nitrogens is 2. The molecule has 0 saturated heterocycles. The van der Waals surface area contributed by atoms with Gasteiger partial charge in [0.2, 0.25) is 0 Å². The number of nitrogen functional groups attached to an aromatic ring is 1. The predicted octanol–water partition coefficient (Wildman–Crippen LogP) is 1.60. The minimum atomic E-state index is -0.154. The van der Waals surface area contributed by atoms with E-state index in [9.17, 15) is 4.79 Å². The quantitative estimate of drug-likeness (QED) is 0.910. The van der Waals surface area contributed by atoms with Gasteiger partial charge in [-0.3, -0.25) is 9.48 Å². The van der Waals surface area contributed by atoms with Gasteiger partial charge in [-0.1, -0.05) is 0 Å². The van der Waals surface area contributed by atoms with Crippen LogP contribution >= 0.6 is 0 Å². The maximum absolute atomic E-state index is 12.7. The van der Waals surface area contributed by atoms with E-state index in [1.807, 2.05) is 18.2 Å². The number of carbonyl (C=O) groups excluding carboxylic acids is 1. The summed E-state index contributed by atoms with van der Waals surface area (Å²) >= 11 is 0. The Morgan fingerprint density at radius 2 is 2.24 bits per heavy atom. The molecule has 2 N–H and O–H groups in total. The number of benzene rings is 1. The van der Waals surface area contributed by atoms with Crippen LogP contribution in [0, 0.1) is 0 Å². The van der Waals surface area contributed by atoms with Gasteiger partial charge in [-0.2, -0.15) is 5.10 Å². The zero-order valence-corrected chi connectivity index (χ0v) is 12.2. The molecule has 1 aromatic heterocycles. The van der Waals surface area contributed by atoms with Crippen molar-refractivity contribution < 1.29 is 9.53 Å². The Morgan fingerprint density at radius 1 is 1.43 bits per heavy atom. The summed E-state index contributed by atoms with van der Waals surface area (Å²) in [5, 5.41) is 4.17. The number of methoxy groups -OCH3 is 1. The highest BCUT2D eigenvalue weighted by Crippen LogP contribution is 2.31. The van der Waals surface area contributed by atoms with Crippen molar-refractivity contribution in [1.29, 1.82) is 0 Å². The number of hydrogen-bond acceptors (Lipinski definition) is 4. The first kappa shape index (κ1) is 13.5. The molecular weight excluding hydrogens is 268 g/mol. The first-order chi connectivity index (χ1) is 10.1. The van der Waals surface area contributed by atoms with Gasteiger partial charge in [-0.25, -0.2) is 0 Å². The molecule has 0 radical (unpaired) electrons. The highest BCUT2D eigenvalue weighted by Gasteiger charge is 2.27. The van der Waals surface area contributed by atoms with Crippen LogP contribution < -0.4 is 15.4 Å². The average molecular weight is 286 g/mol. The molecule has 0 aliphatic carbocycles. The van der Waals surface area contributed by atoms with Crippen LogP contribution in [0.5, 0.6) is 5.75 Å². The minimum absolute atomic E-state index is 0.154. The van der Waals surface area contributed by atoms with Crippen molar-refractivity contribution in [2.45, 2.75) is 12.8 Å². The van der Waals surface area contributed by atoms with Gasteiger partial charge >= 0.3 is 0 Å². The Morgan fingerprint density at radius 3 is 2.90 bits per heavy atom. The Kier molecular flexibility index (Phi) is 3.29. The summed E-state index contributed by atoms with van der Waals surface area (Å²) in [5.74, 6) is 0.652. The number of hydrogen-bond donors (Lipinski definition) is 1. The fourth-order valence-corrected chi connectivity index (χ4v) is 2.71. The van der Waals surface area contributed by atoms with Gasteiger partial charge in [0.05, 0.1) is 12.8 Å². The number of ether oxygens (including phenoxy) is 1. The molecular formula is C15H18N4O2. The number of carbonyl (C=O) groups is 1. The van der Waals surface area contributed by atoms with E-state index in [0.29, 0.717) is 17.9 Å². The molecule has 0 unspecified atom stereocenters. The molecule has 21 heavy (non-hydrogen) atoms. The van der Waals surface area contributed by atoms with Gasteiger partial charge in [0, 0.05) is 25.5 Å². The second-order valence-electron chi connectivity index (χ2n) is 5.16. The third-order valence-corrected chi connectivity index (χ3v) is 3.71. The predicted molar refractivity (Wildman–Crippen MR) is 80.6 cm³/mol. The largest absolute Gasteiger partial charge is 0.497 e. The molecule has 3 rings (SSSR count). The smallest absolute Gasteiger partial charge is 0.280 e. The lowest BCUT2D eigenvalue weighted by Gasteiger charge is -2.29. The van der Waals surface area contributed by atoms with Gasteiger partial charge in [0.1, 0.15) is 5.75 Å². The van der Waals surface area contributed by atoms with Gasteiger partial charge in [-0.15, -0.1) is 0 Å². The van der Waals surface area contributed by atoms with E-state index < -0.39 is 0 Å². The summed E-state index contributed by atoms with van der Waals surface area (Å²) in [6, 6.07) is 5.77. The van der Waals surface area contributed by atoms with E-state index in [4.69, 9.17) is 10.5 Å². The van der Waals surface area contributed by atoms with Crippen LogP contribution in [0.4, 0.5) is 11.4 Å². The van der Waals surface area contributed by atoms with Gasteiger partial charge in [0.25, 0.3) is 5.91 Å². The van der Waals surface area contributed by atoms with Crippen LogP contribution in [0.25, 0.3) is 0 Å². The minimum Gasteiger partial charge on any atom is -0.497 e. The molecule has 110 valence electrons. The number of nitrogens with two attached hydrogens (primary N) is 1. The molecule has 2 aromatic rings. The second kappa shape index (κ2) is 5.12. The lowest BCUT2D eigenvalue weighted by molar-refractivity contribution is 0.0980. The summed E-state index contributed by atoms with van der Waals surface area (Å²) in [5.41, 5.74) is 8.60. The number of amides is 1. The number of rotatable bonds is 2. The second-order valence-corrected chi connectivity index (χ2v) is 5.16. The molecule has 0 atom stereocenters. The summed E-state index contributed by atoms with van der Waals surface area (Å²) < 4.78 is 6.80. The summed E-state index contributed by atoms with van der Waals surface area (Å²) in [7, 11) is 3.39. The maximum atomic E-state index is 12.7. The molecule has 6 nitrogen and oxygen atoms in total. The van der Waals surface area contributed by atoms with Crippen LogP contribution in [0.15, 0.2) is 24.4 Å². The molecule has 1 aliphatic rings. The Hall–Kier alpha value is -2.50. The molecule has 0 bridgehead atoms. The number of anilines is 2. The third kappa shape index (κ3) is 2.33. The average Bonchev–Trinajstić information content (AvgIpc) is 2.84. The van der Waals surface area contributed by atoms with E-state index in [2.05, 4.69) is 5.10 Å². The zero-order valence-electron chi connectivity index (χ0n) is 12.2. The van der Waals surface area contributed by atoms with Gasteiger partial charge in [-0.05, 0) is 36.6 Å². The number of aryl methyl sites for hydroxylation is 2. The topological polar surface area (TPSA) is 73.4 Å². The van der Waals surface area contributed by atoms with Gasteiger partial charge in [0.15, 0.2) is 5.69 Å². The van der Waals surface area contributed by atoms with Crippen LogP contribution in [0.3, 0.4) is 0 Å². The molecule has 0 fully saturated rings. The van der Waals surface area contributed by atoms with E-state index in [1.54, 1.807) is 29.9 Å². The molecule has 1 amide bonds. The fourth-order valence-electron chi connectivity index (χ4n) is 2.71. The normalized spacial score (nSPS) is 13.9. The molecule has 2 heterocycles. The molecule has 6 heteroatoms. The van der Waals surface area contributed by atoms with Crippen molar-refractivity contribution in [1.82, 2.24) is 9.78 Å². The van der Waals surface area contributed by atoms with Crippen molar-refractivity contribution in [2.75, 3.05) is 24.3 Å². The van der Waals surface area contributed by atoms with Crippen LogP contribution in [0.2, 0.25) is 0 Å². The highest BCUT2D eigenvalue weighted by molar-refractivity contribution is 6.08. The zero-order chi connectivity index (χ0) is 15.0. The van der Waals surface area contributed by atoms with E-state index in [1.165, 1.54) is 0 Å². The third-order valence-electron chi connectivity index (χ3n) is 3.71. The number of nitrogens with zero attached hydrogens (tertiary/aromatic N) is 3. The number of fused-ring (bicyclic) bond motifs is 1. The Balaban J connectivity index is 1.98. The van der Waals surface area contributed by atoms with Crippen molar-refractivity contribution in [3.8, 4) is 5.75 Å². The van der Waals surface area contributed by atoms with Crippen LogP contribution in [0.1, 0.15) is 22.5 Å². The highest BCUT2D eigenvalue weighted by atomic mass is 16.5. The molecule has 0 spiro atoms. The van der Waals surface area contributed by atoms with Crippen LogP contribution in [-0.4, -0.2) is 29.3 Å². The van der Waals surface area contributed by atoms with Crippen molar-refractivity contribution in [2.24, 2.45) is 7.05 Å².